The van der Waals surface area contributed by atoms with Crippen molar-refractivity contribution < 1.29 is 22.6 Å². The Morgan fingerprint density at radius 1 is 1.29 bits per heavy atom. The molecule has 2 N–H and O–H groups in total. The van der Waals surface area contributed by atoms with Gasteiger partial charge in [-0.25, -0.2) is 13.1 Å². The van der Waals surface area contributed by atoms with Gasteiger partial charge in [0.1, 0.15) is 0 Å². The maximum Gasteiger partial charge on any atom is 0.287 e. The van der Waals surface area contributed by atoms with Crippen LogP contribution < -0.4 is 10.0 Å². The molecule has 0 fully saturated rings. The number of furan rings is 1. The number of nitrogens with one attached hydrogen (secondary N) is 2. The molecule has 0 aliphatic rings. The molecule has 2 rings (SSSR count). The van der Waals surface area contributed by atoms with Crippen LogP contribution in [0.5, 0.6) is 0 Å². The van der Waals surface area contributed by atoms with E-state index in [1.807, 2.05) is 0 Å². The molecular formula is C14H15N3O6S. The SMILES string of the molecule is Cc1ccc(S(=O)(=O)NCCNC(=O)c2ccco2)cc1[N+](=O)[O-]. The van der Waals surface area contributed by atoms with Crippen molar-refractivity contribution in [2.75, 3.05) is 13.1 Å². The standard InChI is InChI=1S/C14H15N3O6S/c1-10-4-5-11(9-12(10)17(19)20)24(21,22)16-7-6-15-14(18)13-3-2-8-23-13/h2-5,8-9,16H,6-7H2,1H3,(H,15,18). The monoisotopic (exact) mass is 353 g/mol. The Morgan fingerprint density at radius 2 is 2.04 bits per heavy atom. The Kier molecular flexibility index (Phi) is 5.31. The van der Waals surface area contributed by atoms with E-state index in [2.05, 4.69) is 10.0 Å². The summed E-state index contributed by atoms with van der Waals surface area (Å²) in [6.45, 7) is 1.48. The molecule has 0 saturated heterocycles. The van der Waals surface area contributed by atoms with Crippen molar-refractivity contribution in [3.05, 3.63) is 58.0 Å². The van der Waals surface area contributed by atoms with Crippen molar-refractivity contribution in [1.82, 2.24) is 10.0 Å². The maximum absolute atomic E-state index is 12.1. The summed E-state index contributed by atoms with van der Waals surface area (Å²) >= 11 is 0. The highest BCUT2D eigenvalue weighted by Gasteiger charge is 2.19. The lowest BCUT2D eigenvalue weighted by atomic mass is 10.2. The summed E-state index contributed by atoms with van der Waals surface area (Å²) in [5, 5.41) is 13.4. The first-order chi connectivity index (χ1) is 11.3. The van der Waals surface area contributed by atoms with Crippen LogP contribution >= 0.6 is 0 Å². The van der Waals surface area contributed by atoms with Gasteiger partial charge in [0.2, 0.25) is 10.0 Å². The van der Waals surface area contributed by atoms with E-state index in [0.29, 0.717) is 5.56 Å². The van der Waals surface area contributed by atoms with Crippen LogP contribution in [0.3, 0.4) is 0 Å². The van der Waals surface area contributed by atoms with Gasteiger partial charge in [-0.2, -0.15) is 0 Å². The van der Waals surface area contributed by atoms with Gasteiger partial charge in [-0.15, -0.1) is 0 Å². The van der Waals surface area contributed by atoms with Crippen molar-refractivity contribution in [1.29, 1.82) is 0 Å². The van der Waals surface area contributed by atoms with Crippen LogP contribution in [0, 0.1) is 17.0 Å². The fourth-order valence-corrected chi connectivity index (χ4v) is 2.94. The molecule has 2 aromatic rings. The number of rotatable bonds is 7. The van der Waals surface area contributed by atoms with Crippen molar-refractivity contribution in [3.63, 3.8) is 0 Å². The third-order valence-electron chi connectivity index (χ3n) is 3.14. The van der Waals surface area contributed by atoms with Crippen LogP contribution in [0.25, 0.3) is 0 Å². The van der Waals surface area contributed by atoms with E-state index in [4.69, 9.17) is 4.42 Å². The lowest BCUT2D eigenvalue weighted by molar-refractivity contribution is -0.385. The fraction of sp³-hybridized carbons (Fsp3) is 0.214. The number of nitrogens with zero attached hydrogens (tertiary/aromatic N) is 1. The summed E-state index contributed by atoms with van der Waals surface area (Å²) in [6.07, 6.45) is 1.35. The van der Waals surface area contributed by atoms with Gasteiger partial charge in [0.15, 0.2) is 5.76 Å². The Labute approximate surface area is 137 Å². The minimum atomic E-state index is -3.91. The number of aryl methyl sites for hydroxylation is 1. The van der Waals surface area contributed by atoms with Crippen LogP contribution in [0.1, 0.15) is 16.1 Å². The van der Waals surface area contributed by atoms with Gasteiger partial charge in [0, 0.05) is 24.7 Å². The topological polar surface area (TPSA) is 132 Å². The van der Waals surface area contributed by atoms with Gasteiger partial charge < -0.3 is 9.73 Å². The van der Waals surface area contributed by atoms with E-state index < -0.39 is 20.9 Å². The smallest absolute Gasteiger partial charge is 0.287 e. The number of sulfonamides is 1. The molecule has 0 aliphatic carbocycles. The fourth-order valence-electron chi connectivity index (χ4n) is 1.89. The third-order valence-corrected chi connectivity index (χ3v) is 4.59. The van der Waals surface area contributed by atoms with Gasteiger partial charge in [-0.3, -0.25) is 14.9 Å². The summed E-state index contributed by atoms with van der Waals surface area (Å²) < 4.78 is 31.4. The minimum absolute atomic E-state index is 0.0344. The largest absolute Gasteiger partial charge is 0.459 e. The molecular weight excluding hydrogens is 338 g/mol. The molecule has 128 valence electrons. The third kappa shape index (κ3) is 4.18. The second-order valence-corrected chi connectivity index (χ2v) is 6.60. The summed E-state index contributed by atoms with van der Waals surface area (Å²) in [6, 6.07) is 6.68. The average Bonchev–Trinajstić information content (AvgIpc) is 3.05. The molecule has 1 aromatic heterocycles. The van der Waals surface area contributed by atoms with Crippen LogP contribution in [0.15, 0.2) is 45.9 Å². The summed E-state index contributed by atoms with van der Waals surface area (Å²) in [7, 11) is -3.91. The number of nitro benzene ring substituents is 1. The molecule has 0 bridgehead atoms. The molecule has 0 aliphatic heterocycles. The van der Waals surface area contributed by atoms with E-state index in [1.54, 1.807) is 6.07 Å². The molecule has 24 heavy (non-hydrogen) atoms. The number of nitro groups is 1. The molecule has 9 nitrogen and oxygen atoms in total. The van der Waals surface area contributed by atoms with Crippen LogP contribution in [-0.4, -0.2) is 32.3 Å². The Morgan fingerprint density at radius 3 is 2.67 bits per heavy atom. The molecule has 0 atom stereocenters. The van der Waals surface area contributed by atoms with E-state index in [9.17, 15) is 23.3 Å². The molecule has 1 heterocycles. The zero-order valence-electron chi connectivity index (χ0n) is 12.7. The zero-order valence-corrected chi connectivity index (χ0v) is 13.5. The summed E-state index contributed by atoms with van der Waals surface area (Å²) in [5.74, 6) is -0.350. The van der Waals surface area contributed by atoms with E-state index in [1.165, 1.54) is 31.4 Å². The van der Waals surface area contributed by atoms with E-state index in [-0.39, 0.29) is 29.4 Å². The molecule has 1 amide bonds. The normalized spacial score (nSPS) is 11.2. The Bertz CT molecular complexity index is 845. The average molecular weight is 353 g/mol. The highest BCUT2D eigenvalue weighted by atomic mass is 32.2. The summed E-state index contributed by atoms with van der Waals surface area (Å²) in [4.78, 5) is 21.6. The van der Waals surface area contributed by atoms with Crippen LogP contribution in [-0.2, 0) is 10.0 Å². The van der Waals surface area contributed by atoms with Crippen LogP contribution in [0.4, 0.5) is 5.69 Å². The first-order valence-electron chi connectivity index (χ1n) is 6.87. The molecule has 1 aromatic carbocycles. The van der Waals surface area contributed by atoms with E-state index >= 15 is 0 Å². The van der Waals surface area contributed by atoms with Crippen molar-refractivity contribution in [2.24, 2.45) is 0 Å². The van der Waals surface area contributed by atoms with Crippen molar-refractivity contribution in [3.8, 4) is 0 Å². The van der Waals surface area contributed by atoms with Crippen LogP contribution in [0.2, 0.25) is 0 Å². The predicted molar refractivity (Wildman–Crippen MR) is 84.1 cm³/mol. The lowest BCUT2D eigenvalue weighted by Gasteiger charge is -2.08. The molecule has 0 spiro atoms. The van der Waals surface area contributed by atoms with Gasteiger partial charge >= 0.3 is 0 Å². The van der Waals surface area contributed by atoms with Gasteiger partial charge in [-0.1, -0.05) is 6.07 Å². The molecule has 0 unspecified atom stereocenters. The van der Waals surface area contributed by atoms with Crippen molar-refractivity contribution >= 4 is 21.6 Å². The quantitative estimate of drug-likeness (QED) is 0.437. The first kappa shape index (κ1) is 17.6. The van der Waals surface area contributed by atoms with E-state index in [0.717, 1.165) is 6.07 Å². The lowest BCUT2D eigenvalue weighted by Crippen LogP contribution is -2.34. The van der Waals surface area contributed by atoms with Gasteiger partial charge in [0.25, 0.3) is 11.6 Å². The Hall–Kier alpha value is -2.72. The first-order valence-corrected chi connectivity index (χ1v) is 8.36. The zero-order chi connectivity index (χ0) is 17.7. The second kappa shape index (κ2) is 7.23. The maximum atomic E-state index is 12.1. The van der Waals surface area contributed by atoms with Gasteiger partial charge in [0.05, 0.1) is 16.1 Å². The van der Waals surface area contributed by atoms with Crippen molar-refractivity contribution in [2.45, 2.75) is 11.8 Å². The molecule has 0 saturated carbocycles. The number of carbonyl (C=O) groups excluding carboxylic acids is 1. The molecule has 0 radical (unpaired) electrons. The number of amides is 1. The van der Waals surface area contributed by atoms with Gasteiger partial charge in [-0.05, 0) is 25.1 Å². The highest BCUT2D eigenvalue weighted by Crippen LogP contribution is 2.21. The number of carbonyl (C=O) groups is 1. The number of hydrogen-bond acceptors (Lipinski definition) is 6. The summed E-state index contributed by atoms with van der Waals surface area (Å²) in [5.41, 5.74) is 0.0914. The Balaban J connectivity index is 1.95. The number of hydrogen-bond donors (Lipinski definition) is 2. The second-order valence-electron chi connectivity index (χ2n) is 4.84. The molecule has 10 heteroatoms. The number of benzene rings is 1. The highest BCUT2D eigenvalue weighted by molar-refractivity contribution is 7.89. The predicted octanol–water partition coefficient (Wildman–Crippen LogP) is 1.20. The minimum Gasteiger partial charge on any atom is -0.459 e.